The van der Waals surface area contributed by atoms with Crippen LogP contribution in [-0.4, -0.2) is 9.97 Å². The molecule has 2 N–H and O–H groups in total. The van der Waals surface area contributed by atoms with Gasteiger partial charge in [0, 0.05) is 19.8 Å². The van der Waals surface area contributed by atoms with Crippen LogP contribution >= 0.6 is 22.7 Å². The number of hydrogen-bond acceptors (Lipinski definition) is 2. The summed E-state index contributed by atoms with van der Waals surface area (Å²) >= 11 is 3.59. The zero-order valence-electron chi connectivity index (χ0n) is 12.7. The molecular weight excluding hydrogens is 332 g/mol. The maximum atomic E-state index is 3.49. The molecule has 4 heteroatoms. The summed E-state index contributed by atoms with van der Waals surface area (Å²) in [6, 6.07) is 17.2. The molecule has 2 nitrogen and oxygen atoms in total. The van der Waals surface area contributed by atoms with Gasteiger partial charge in [-0.05, 0) is 72.8 Å². The molecule has 0 aliphatic carbocycles. The Hall–Kier alpha value is -2.56. The average Bonchev–Trinajstić information content (AvgIpc) is 3.37. The van der Waals surface area contributed by atoms with Crippen molar-refractivity contribution in [1.82, 2.24) is 9.97 Å². The van der Waals surface area contributed by atoms with Gasteiger partial charge < -0.3 is 9.97 Å². The van der Waals surface area contributed by atoms with Gasteiger partial charge in [-0.15, -0.1) is 22.7 Å². The number of thiophene rings is 2. The minimum atomic E-state index is 1.12. The van der Waals surface area contributed by atoms with Crippen molar-refractivity contribution in [3.63, 3.8) is 0 Å². The van der Waals surface area contributed by atoms with Crippen LogP contribution in [0.25, 0.3) is 24.3 Å². The number of fused-ring (bicyclic) bond motifs is 8. The van der Waals surface area contributed by atoms with E-state index >= 15 is 0 Å². The van der Waals surface area contributed by atoms with Gasteiger partial charge in [0.15, 0.2) is 0 Å². The fourth-order valence-electron chi connectivity index (χ4n) is 2.82. The van der Waals surface area contributed by atoms with Crippen molar-refractivity contribution in [3.8, 4) is 0 Å². The standard InChI is InChI=1S/C20H14N2S2/c1-5-15-7-11-20(23-15)18-10-4-14(22-18)2-6-16-8-12-19(24-16)17-9-3-13(1)21-17/h1-12,21-22H/b5-1?,6-2?,13-1-,14-2-,15-5-,16-6-,19-17-,20-18-. The summed E-state index contributed by atoms with van der Waals surface area (Å²) in [5.74, 6) is 0. The van der Waals surface area contributed by atoms with Crippen LogP contribution in [-0.2, 0) is 0 Å². The van der Waals surface area contributed by atoms with Gasteiger partial charge in [0.1, 0.15) is 0 Å². The lowest BCUT2D eigenvalue weighted by Crippen LogP contribution is -1.99. The van der Waals surface area contributed by atoms with Crippen molar-refractivity contribution < 1.29 is 0 Å². The van der Waals surface area contributed by atoms with E-state index in [9.17, 15) is 0 Å². The zero-order chi connectivity index (χ0) is 15.9. The Morgan fingerprint density at radius 2 is 1.00 bits per heavy atom. The van der Waals surface area contributed by atoms with Gasteiger partial charge in [-0.2, -0.15) is 0 Å². The number of aromatic amines is 2. The summed E-state index contributed by atoms with van der Waals surface area (Å²) in [7, 11) is 0. The molecule has 5 heterocycles. The SMILES string of the molecule is C1=c2/cc/c([nH]2)=c2\cc/c(s2)=C/C=c2/cc/c([nH]2)=c2\cc/c(s2)=C/1. The van der Waals surface area contributed by atoms with Crippen LogP contribution < -0.4 is 19.8 Å². The lowest BCUT2D eigenvalue weighted by molar-refractivity contribution is 1.27. The fraction of sp³-hybridized carbons (Fsp3) is 0. The molecule has 0 spiro atoms. The first-order valence-corrected chi connectivity index (χ1v) is 9.41. The fourth-order valence-corrected chi connectivity index (χ4v) is 4.61. The Morgan fingerprint density at radius 3 is 1.50 bits per heavy atom. The smallest absolute Gasteiger partial charge is 0.0560 e. The lowest BCUT2D eigenvalue weighted by atomic mass is 10.4. The number of rotatable bonds is 0. The Balaban J connectivity index is 1.96. The molecule has 0 saturated carbocycles. The van der Waals surface area contributed by atoms with E-state index in [0.717, 1.165) is 10.7 Å². The first-order valence-electron chi connectivity index (χ1n) is 7.78. The van der Waals surface area contributed by atoms with Gasteiger partial charge in [-0.1, -0.05) is 0 Å². The van der Waals surface area contributed by atoms with Crippen LogP contribution in [0.3, 0.4) is 0 Å². The van der Waals surface area contributed by atoms with Crippen molar-refractivity contribution in [2.75, 3.05) is 0 Å². The van der Waals surface area contributed by atoms with Crippen molar-refractivity contribution in [1.29, 1.82) is 0 Å². The first kappa shape index (κ1) is 13.8. The molecule has 0 saturated heterocycles. The number of nitrogens with one attached hydrogen (secondary N) is 2. The normalized spacial score (nSPS) is 21.3. The molecule has 8 bridgehead atoms. The Labute approximate surface area is 145 Å². The topological polar surface area (TPSA) is 31.6 Å². The number of H-pyrrole nitrogens is 2. The van der Waals surface area contributed by atoms with Gasteiger partial charge in [0.05, 0.1) is 19.8 Å². The second kappa shape index (κ2) is 5.51. The van der Waals surface area contributed by atoms with Gasteiger partial charge in [-0.25, -0.2) is 0 Å². The molecular formula is C20H14N2S2. The molecule has 4 aromatic heterocycles. The Kier molecular flexibility index (Phi) is 3.18. The molecule has 24 heavy (non-hydrogen) atoms. The van der Waals surface area contributed by atoms with Crippen LogP contribution in [0.4, 0.5) is 0 Å². The molecule has 1 aliphatic rings. The Bertz CT molecular complexity index is 1230. The quantitative estimate of drug-likeness (QED) is 0.487. The molecule has 0 fully saturated rings. The molecule has 0 amide bonds. The van der Waals surface area contributed by atoms with Gasteiger partial charge in [0.2, 0.25) is 0 Å². The van der Waals surface area contributed by atoms with E-state index in [4.69, 9.17) is 0 Å². The summed E-state index contributed by atoms with van der Waals surface area (Å²) < 4.78 is 5.01. The molecule has 0 aromatic carbocycles. The largest absolute Gasteiger partial charge is 0.354 e. The molecule has 4 aromatic rings. The molecule has 0 unspecified atom stereocenters. The molecule has 1 aliphatic heterocycles. The highest BCUT2D eigenvalue weighted by Crippen LogP contribution is 1.99. The van der Waals surface area contributed by atoms with Gasteiger partial charge >= 0.3 is 0 Å². The first-order chi connectivity index (χ1) is 11.8. The van der Waals surface area contributed by atoms with Crippen LogP contribution in [0.15, 0.2) is 48.5 Å². The van der Waals surface area contributed by atoms with E-state index in [2.05, 4.69) is 82.8 Å². The van der Waals surface area contributed by atoms with E-state index in [-0.39, 0.29) is 0 Å². The monoisotopic (exact) mass is 346 g/mol. The van der Waals surface area contributed by atoms with Crippen LogP contribution in [0.2, 0.25) is 0 Å². The van der Waals surface area contributed by atoms with Crippen LogP contribution in [0.1, 0.15) is 0 Å². The van der Waals surface area contributed by atoms with Crippen molar-refractivity contribution >= 4 is 47.0 Å². The van der Waals surface area contributed by atoms with Crippen LogP contribution in [0.5, 0.6) is 0 Å². The summed E-state index contributed by atoms with van der Waals surface area (Å²) in [6.45, 7) is 0. The van der Waals surface area contributed by atoms with Gasteiger partial charge in [0.25, 0.3) is 0 Å². The minimum Gasteiger partial charge on any atom is -0.354 e. The van der Waals surface area contributed by atoms with Gasteiger partial charge in [-0.3, -0.25) is 0 Å². The molecule has 116 valence electrons. The van der Waals surface area contributed by atoms with E-state index in [0.29, 0.717) is 0 Å². The zero-order valence-corrected chi connectivity index (χ0v) is 14.4. The van der Waals surface area contributed by atoms with Crippen molar-refractivity contribution in [2.45, 2.75) is 0 Å². The highest BCUT2D eigenvalue weighted by atomic mass is 32.1. The summed E-state index contributed by atoms with van der Waals surface area (Å²) in [4.78, 5) is 6.98. The summed E-state index contributed by atoms with van der Waals surface area (Å²) in [5.41, 5.74) is 0. The number of aromatic nitrogens is 2. The Morgan fingerprint density at radius 1 is 0.500 bits per heavy atom. The second-order valence-corrected chi connectivity index (χ2v) is 7.96. The third kappa shape index (κ3) is 2.50. The average molecular weight is 346 g/mol. The third-order valence-corrected chi connectivity index (χ3v) is 6.22. The maximum absolute atomic E-state index is 3.49. The predicted molar refractivity (Wildman–Crippen MR) is 102 cm³/mol. The van der Waals surface area contributed by atoms with Crippen LogP contribution in [0, 0.1) is 19.8 Å². The van der Waals surface area contributed by atoms with E-state index in [1.54, 1.807) is 22.7 Å². The summed E-state index contributed by atoms with van der Waals surface area (Å²) in [6.07, 6.45) is 8.61. The highest BCUT2D eigenvalue weighted by molar-refractivity contribution is 7.08. The van der Waals surface area contributed by atoms with E-state index in [1.807, 2.05) is 0 Å². The second-order valence-electron chi connectivity index (χ2n) is 5.73. The lowest BCUT2D eigenvalue weighted by Gasteiger charge is -1.78. The summed E-state index contributed by atoms with van der Waals surface area (Å²) in [5, 5.41) is 4.58. The third-order valence-electron chi connectivity index (χ3n) is 4.06. The minimum absolute atomic E-state index is 1.12. The highest BCUT2D eigenvalue weighted by Gasteiger charge is 1.92. The molecule has 0 radical (unpaired) electrons. The number of hydrogen-bond donors (Lipinski definition) is 2. The van der Waals surface area contributed by atoms with Crippen molar-refractivity contribution in [2.24, 2.45) is 0 Å². The molecule has 5 rings (SSSR count). The van der Waals surface area contributed by atoms with E-state index in [1.165, 1.54) is 28.8 Å². The predicted octanol–water partition coefficient (Wildman–Crippen LogP) is 1.88. The van der Waals surface area contributed by atoms with E-state index < -0.39 is 0 Å². The maximum Gasteiger partial charge on any atom is 0.0560 e. The van der Waals surface area contributed by atoms with Crippen molar-refractivity contribution in [3.05, 3.63) is 88.1 Å². The molecule has 0 atom stereocenters.